The van der Waals surface area contributed by atoms with Gasteiger partial charge in [-0.15, -0.1) is 0 Å². The summed E-state index contributed by atoms with van der Waals surface area (Å²) in [7, 11) is 0. The quantitative estimate of drug-likeness (QED) is 0.587. The Balaban J connectivity index is 2.57. The Labute approximate surface area is 99.0 Å². The van der Waals surface area contributed by atoms with E-state index in [0.717, 1.165) is 0 Å². The summed E-state index contributed by atoms with van der Waals surface area (Å²) in [6.07, 6.45) is -6.58. The van der Waals surface area contributed by atoms with E-state index in [9.17, 15) is 0 Å². The topological polar surface area (TPSA) is 0 Å². The van der Waals surface area contributed by atoms with Crippen molar-refractivity contribution in [3.05, 3.63) is 47.9 Å². The number of allylic oxidation sites excluding steroid dienone is 2. The maximum absolute atomic E-state index is 8.73. The Morgan fingerprint density at radius 1 is 1.23 bits per heavy atom. The van der Waals surface area contributed by atoms with Gasteiger partial charge in [-0.2, -0.15) is 0 Å². The van der Waals surface area contributed by atoms with E-state index in [4.69, 9.17) is 19.2 Å². The lowest BCUT2D eigenvalue weighted by Gasteiger charge is -2.17. The molecule has 0 radical (unpaired) electrons. The van der Waals surface area contributed by atoms with E-state index in [0.29, 0.717) is 0 Å². The lowest BCUT2D eigenvalue weighted by molar-refractivity contribution is 0.585. The van der Waals surface area contributed by atoms with Crippen LogP contribution in [-0.4, -0.2) is 0 Å². The third kappa shape index (κ3) is 1.13. The van der Waals surface area contributed by atoms with Gasteiger partial charge >= 0.3 is 0 Å². The van der Waals surface area contributed by atoms with Crippen LogP contribution in [0.2, 0.25) is 0 Å². The Morgan fingerprint density at radius 2 is 2.08 bits per heavy atom. The number of fused-ring (bicyclic) bond motifs is 2. The molecule has 1 saturated carbocycles. The van der Waals surface area contributed by atoms with Crippen molar-refractivity contribution in [3.63, 3.8) is 0 Å². The van der Waals surface area contributed by atoms with E-state index >= 15 is 0 Å². The molecule has 3 rings (SSSR count). The van der Waals surface area contributed by atoms with Gasteiger partial charge in [0.2, 0.25) is 0 Å². The minimum absolute atomic E-state index is 0.813. The monoisotopic (exact) mass is 184 g/mol. The first kappa shape index (κ1) is 1.84. The Kier molecular flexibility index (Phi) is 0.386. The van der Waals surface area contributed by atoms with Crippen molar-refractivity contribution in [2.75, 3.05) is 0 Å². The molecule has 0 saturated heterocycles. The summed E-state index contributed by atoms with van der Waals surface area (Å²) in [4.78, 5) is 0. The van der Waals surface area contributed by atoms with Crippen molar-refractivity contribution in [1.29, 1.82) is 0 Å². The first-order valence-electron chi connectivity index (χ1n) is 10.8. The molecule has 66 valence electrons. The molecule has 2 aliphatic rings. The van der Waals surface area contributed by atoms with Crippen molar-refractivity contribution < 1.29 is 19.2 Å². The second kappa shape index (κ2) is 2.73. The Bertz CT molecular complexity index is 889. The molecule has 0 aliphatic heterocycles. The number of rotatable bonds is 1. The second-order valence-corrected chi connectivity index (χ2v) is 2.62. The average molecular weight is 184 g/mol. The number of benzene rings is 1. The molecule has 0 heterocycles. The van der Waals surface area contributed by atoms with Crippen LogP contribution in [0, 0.1) is 11.8 Å². The molecule has 1 aromatic rings. The fourth-order valence-electron chi connectivity index (χ4n) is 1.25. The molecule has 3 atom stereocenters. The molecule has 13 heavy (non-hydrogen) atoms. The summed E-state index contributed by atoms with van der Waals surface area (Å²) in [6.45, 7) is 0. The van der Waals surface area contributed by atoms with Crippen molar-refractivity contribution in [2.24, 2.45) is 11.8 Å². The summed E-state index contributed by atoms with van der Waals surface area (Å²) in [6, 6.07) is -6.83. The normalized spacial score (nSPS) is 77.2. The highest BCUT2D eigenvalue weighted by Crippen LogP contribution is 2.48. The van der Waals surface area contributed by atoms with Crippen molar-refractivity contribution >= 4 is 0 Å². The summed E-state index contributed by atoms with van der Waals surface area (Å²) >= 11 is 0. The summed E-state index contributed by atoms with van der Waals surface area (Å²) in [5.41, 5.74) is -0.997. The van der Waals surface area contributed by atoms with E-state index in [1.807, 2.05) is 0 Å². The fourth-order valence-corrected chi connectivity index (χ4v) is 1.25. The van der Waals surface area contributed by atoms with Crippen LogP contribution >= 0.6 is 0 Å². The van der Waals surface area contributed by atoms with Crippen LogP contribution in [0.4, 0.5) is 0 Å². The van der Waals surface area contributed by atoms with Gasteiger partial charge in [0.1, 0.15) is 0 Å². The van der Waals surface area contributed by atoms with E-state index in [1.165, 1.54) is 0 Å². The SMILES string of the molecule is [2H]C1=C([2H])C2([2H])C([2H])([2H])C1([2H])C([2H])([2H])C2([2H])c1c([2H])c([2H])c([2H])c([2H])c1[2H]. The summed E-state index contributed by atoms with van der Waals surface area (Å²) < 4.78 is 114. The predicted molar refractivity (Wildman–Crippen MR) is 54.5 cm³/mol. The molecule has 1 fully saturated rings. The van der Waals surface area contributed by atoms with Crippen LogP contribution in [0.3, 0.4) is 0 Å². The molecule has 0 heteroatoms. The van der Waals surface area contributed by atoms with E-state index < -0.39 is 78.3 Å². The Morgan fingerprint density at radius 3 is 2.85 bits per heavy atom. The highest BCUT2D eigenvalue weighted by atomic mass is 14.4. The van der Waals surface area contributed by atoms with Crippen LogP contribution in [-0.2, 0) is 0 Å². The van der Waals surface area contributed by atoms with Gasteiger partial charge < -0.3 is 0 Å². The van der Waals surface area contributed by atoms with Gasteiger partial charge in [0, 0.05) is 9.60 Å². The van der Waals surface area contributed by atoms with Gasteiger partial charge in [-0.1, -0.05) is 42.3 Å². The van der Waals surface area contributed by atoms with E-state index in [-0.39, 0.29) is 0 Å². The molecule has 0 spiro atoms. The summed E-state index contributed by atoms with van der Waals surface area (Å²) in [5.74, 6) is -9.54. The highest BCUT2D eigenvalue weighted by Gasteiger charge is 2.35. The van der Waals surface area contributed by atoms with Gasteiger partial charge in [0.15, 0.2) is 0 Å². The first-order valence-corrected chi connectivity index (χ1v) is 3.75. The van der Waals surface area contributed by atoms with Crippen LogP contribution in [0.5, 0.6) is 0 Å². The van der Waals surface area contributed by atoms with Crippen LogP contribution in [0.1, 0.15) is 43.4 Å². The first-order chi connectivity index (χ1) is 12.0. The molecule has 0 nitrogen and oxygen atoms in total. The van der Waals surface area contributed by atoms with Crippen molar-refractivity contribution in [2.45, 2.75) is 18.6 Å². The second-order valence-electron chi connectivity index (χ2n) is 2.62. The lowest BCUT2D eigenvalue weighted by Crippen LogP contribution is -2.04. The lowest BCUT2D eigenvalue weighted by atomic mass is 9.87. The zero-order chi connectivity index (χ0) is 21.1. The molecule has 0 aromatic heterocycles. The maximum Gasteiger partial charge on any atom is 0.0626 e. The maximum atomic E-state index is 8.73. The van der Waals surface area contributed by atoms with Crippen LogP contribution in [0.25, 0.3) is 0 Å². The molecule has 1 aromatic carbocycles. The molecular weight excluding hydrogens is 156 g/mol. The van der Waals surface area contributed by atoms with Crippen molar-refractivity contribution in [3.8, 4) is 0 Å². The molecule has 2 bridgehead atoms. The van der Waals surface area contributed by atoms with Gasteiger partial charge in [-0.3, -0.25) is 0 Å². The average Bonchev–Trinajstić information content (AvgIpc) is 2.74. The van der Waals surface area contributed by atoms with Crippen molar-refractivity contribution in [1.82, 2.24) is 0 Å². The smallest absolute Gasteiger partial charge is 0.0626 e. The zero-order valence-corrected chi connectivity index (χ0v) is 6.50. The van der Waals surface area contributed by atoms with Crippen LogP contribution < -0.4 is 0 Å². The largest absolute Gasteiger partial charge is 0.0851 e. The van der Waals surface area contributed by atoms with Crippen LogP contribution in [0.15, 0.2) is 42.3 Å². The van der Waals surface area contributed by atoms with E-state index in [1.54, 1.807) is 0 Å². The highest BCUT2D eigenvalue weighted by molar-refractivity contribution is 5.27. The molecule has 0 N–H and O–H groups in total. The minimum atomic E-state index is -3.35. The number of hydrogen-bond acceptors (Lipinski definition) is 0. The molecule has 0 amide bonds. The fraction of sp³-hybridized carbons (Fsp3) is 0.385. The van der Waals surface area contributed by atoms with Gasteiger partial charge in [0.05, 0.1) is 9.60 Å². The standard InChI is InChI=1S/C13H14/c1-2-4-11(5-3-1)13-9-10-6-7-12(13)8-10/h1-7,10,12-13H,8-9H2/i1D,2D,3D,4D,5D,6D,7D,8D2,9D2,10D,12D,13D. The van der Waals surface area contributed by atoms with Gasteiger partial charge in [-0.05, 0) is 36.0 Å². The Hall–Kier alpha value is -1.04. The molecular formula is C13H14. The number of hydrogen-bond donors (Lipinski definition) is 0. The zero-order valence-electron chi connectivity index (χ0n) is 20.5. The third-order valence-electron chi connectivity index (χ3n) is 1.81. The third-order valence-corrected chi connectivity index (χ3v) is 1.81. The van der Waals surface area contributed by atoms with Gasteiger partial charge in [-0.25, -0.2) is 0 Å². The minimum Gasteiger partial charge on any atom is -0.0851 e. The van der Waals surface area contributed by atoms with E-state index in [2.05, 4.69) is 0 Å². The predicted octanol–water partition coefficient (Wildman–Crippen LogP) is 3.37. The summed E-state index contributed by atoms with van der Waals surface area (Å²) in [5, 5.41) is 0. The molecule has 3 unspecified atom stereocenters. The molecule has 2 aliphatic carbocycles. The van der Waals surface area contributed by atoms with Gasteiger partial charge in [0.25, 0.3) is 0 Å².